The molecule has 0 fully saturated rings. The monoisotopic (exact) mass is 249 g/mol. The smallest absolute Gasteiger partial charge is 0.390 e. The van der Waals surface area contributed by atoms with Crippen molar-refractivity contribution in [3.05, 3.63) is 23.8 Å². The number of ether oxygens (including phenoxy) is 1. The third kappa shape index (κ3) is 3.81. The minimum atomic E-state index is -4.37. The lowest BCUT2D eigenvalue weighted by molar-refractivity contribution is -0.138. The Morgan fingerprint density at radius 1 is 1.41 bits per heavy atom. The highest BCUT2D eigenvalue weighted by Crippen LogP contribution is 2.36. The summed E-state index contributed by atoms with van der Waals surface area (Å²) in [5, 5.41) is 9.71. The average Bonchev–Trinajstić information content (AvgIpc) is 2.18. The third-order valence-corrected chi connectivity index (χ3v) is 2.18. The molecule has 1 atom stereocenters. The number of benzene rings is 1. The Labute approximate surface area is 97.0 Å². The first-order valence-electron chi connectivity index (χ1n) is 5.12. The van der Waals surface area contributed by atoms with Crippen LogP contribution < -0.4 is 10.5 Å². The van der Waals surface area contributed by atoms with Gasteiger partial charge in [0.25, 0.3) is 0 Å². The maximum Gasteiger partial charge on any atom is 0.390 e. The fourth-order valence-corrected chi connectivity index (χ4v) is 1.47. The second-order valence-corrected chi connectivity index (χ2v) is 3.55. The van der Waals surface area contributed by atoms with Gasteiger partial charge in [-0.05, 0) is 13.0 Å². The van der Waals surface area contributed by atoms with Crippen LogP contribution in [0.15, 0.2) is 18.2 Å². The number of alkyl halides is 3. The first-order valence-corrected chi connectivity index (χ1v) is 5.12. The van der Waals surface area contributed by atoms with Gasteiger partial charge in [0, 0.05) is 11.6 Å². The zero-order chi connectivity index (χ0) is 13.1. The number of aromatic hydroxyl groups is 1. The van der Waals surface area contributed by atoms with Gasteiger partial charge in [-0.3, -0.25) is 0 Å². The molecule has 6 heteroatoms. The maximum absolute atomic E-state index is 12.2. The van der Waals surface area contributed by atoms with Gasteiger partial charge in [-0.15, -0.1) is 0 Å². The molecule has 1 aromatic rings. The van der Waals surface area contributed by atoms with Gasteiger partial charge in [-0.25, -0.2) is 0 Å². The molecule has 3 N–H and O–H groups in total. The number of hydrogen-bond acceptors (Lipinski definition) is 3. The molecule has 0 radical (unpaired) electrons. The van der Waals surface area contributed by atoms with E-state index in [0.717, 1.165) is 0 Å². The van der Waals surface area contributed by atoms with Gasteiger partial charge in [0.2, 0.25) is 0 Å². The summed E-state index contributed by atoms with van der Waals surface area (Å²) >= 11 is 0. The van der Waals surface area contributed by atoms with E-state index in [1.54, 1.807) is 6.92 Å². The Morgan fingerprint density at radius 2 is 2.06 bits per heavy atom. The molecule has 0 heterocycles. The minimum Gasteiger partial charge on any atom is -0.504 e. The maximum atomic E-state index is 12.2. The van der Waals surface area contributed by atoms with Gasteiger partial charge in [0.05, 0.1) is 13.0 Å². The van der Waals surface area contributed by atoms with Gasteiger partial charge in [-0.1, -0.05) is 12.1 Å². The molecule has 0 saturated heterocycles. The minimum absolute atomic E-state index is 0.0354. The molecule has 0 bridgehead atoms. The van der Waals surface area contributed by atoms with Crippen molar-refractivity contribution in [1.82, 2.24) is 0 Å². The quantitative estimate of drug-likeness (QED) is 0.862. The van der Waals surface area contributed by atoms with Crippen molar-refractivity contribution < 1.29 is 23.0 Å². The second-order valence-electron chi connectivity index (χ2n) is 3.55. The molecular formula is C11H14F3NO2. The van der Waals surface area contributed by atoms with E-state index in [9.17, 15) is 18.3 Å². The fourth-order valence-electron chi connectivity index (χ4n) is 1.47. The summed E-state index contributed by atoms with van der Waals surface area (Å²) in [4.78, 5) is 0. The van der Waals surface area contributed by atoms with Crippen molar-refractivity contribution in [3.8, 4) is 11.5 Å². The Bertz CT molecular complexity index is 379. The molecule has 0 aliphatic carbocycles. The predicted octanol–water partition coefficient (Wildman–Crippen LogP) is 2.74. The zero-order valence-corrected chi connectivity index (χ0v) is 9.29. The van der Waals surface area contributed by atoms with Gasteiger partial charge in [0.15, 0.2) is 11.5 Å². The number of nitrogens with two attached hydrogens (primary N) is 1. The Morgan fingerprint density at radius 3 is 2.59 bits per heavy atom. The van der Waals surface area contributed by atoms with E-state index in [2.05, 4.69) is 0 Å². The summed E-state index contributed by atoms with van der Waals surface area (Å²) in [6.07, 6.45) is -5.55. The highest BCUT2D eigenvalue weighted by Gasteiger charge is 2.32. The number of rotatable bonds is 4. The Hall–Kier alpha value is -1.43. The lowest BCUT2D eigenvalue weighted by Crippen LogP contribution is -2.20. The topological polar surface area (TPSA) is 55.5 Å². The summed E-state index contributed by atoms with van der Waals surface area (Å²) in [6, 6.07) is 3.03. The lowest BCUT2D eigenvalue weighted by atomic mass is 10.0. The molecule has 0 spiro atoms. The van der Waals surface area contributed by atoms with Gasteiger partial charge in [0.1, 0.15) is 0 Å². The normalized spacial score (nSPS) is 13.5. The second kappa shape index (κ2) is 5.27. The SMILES string of the molecule is CCOc1cccc([C@H](N)CC(F)(F)F)c1O. The average molecular weight is 249 g/mol. The number of para-hydroxylation sites is 1. The van der Waals surface area contributed by atoms with Gasteiger partial charge in [-0.2, -0.15) is 13.2 Å². The summed E-state index contributed by atoms with van der Waals surface area (Å²) < 4.78 is 41.6. The van der Waals surface area contributed by atoms with Crippen LogP contribution in [0.4, 0.5) is 13.2 Å². The number of phenolic OH excluding ortho intramolecular Hbond substituents is 1. The Balaban J connectivity index is 2.94. The van der Waals surface area contributed by atoms with E-state index in [-0.39, 0.29) is 17.1 Å². The number of phenols is 1. The largest absolute Gasteiger partial charge is 0.504 e. The predicted molar refractivity (Wildman–Crippen MR) is 56.9 cm³/mol. The third-order valence-electron chi connectivity index (χ3n) is 2.18. The van der Waals surface area contributed by atoms with Crippen molar-refractivity contribution in [1.29, 1.82) is 0 Å². The van der Waals surface area contributed by atoms with E-state index < -0.39 is 18.6 Å². The molecule has 3 nitrogen and oxygen atoms in total. The van der Waals surface area contributed by atoms with E-state index in [4.69, 9.17) is 10.5 Å². The number of halogens is 3. The van der Waals surface area contributed by atoms with Crippen LogP contribution in [0.5, 0.6) is 11.5 Å². The molecular weight excluding hydrogens is 235 g/mol. The van der Waals surface area contributed by atoms with E-state index in [1.165, 1.54) is 18.2 Å². The van der Waals surface area contributed by atoms with Crippen molar-refractivity contribution in [2.45, 2.75) is 25.6 Å². The lowest BCUT2D eigenvalue weighted by Gasteiger charge is -2.17. The van der Waals surface area contributed by atoms with Crippen LogP contribution in [0.1, 0.15) is 24.9 Å². The number of hydrogen-bond donors (Lipinski definition) is 2. The first-order chi connectivity index (χ1) is 7.85. The molecule has 17 heavy (non-hydrogen) atoms. The van der Waals surface area contributed by atoms with E-state index in [1.807, 2.05) is 0 Å². The molecule has 1 rings (SSSR count). The van der Waals surface area contributed by atoms with Gasteiger partial charge < -0.3 is 15.6 Å². The van der Waals surface area contributed by atoms with Gasteiger partial charge >= 0.3 is 6.18 Å². The van der Waals surface area contributed by atoms with Crippen molar-refractivity contribution in [2.24, 2.45) is 5.73 Å². The summed E-state index contributed by atoms with van der Waals surface area (Å²) in [5.41, 5.74) is 5.45. The van der Waals surface area contributed by atoms with Crippen LogP contribution in [0.25, 0.3) is 0 Å². The standard InChI is InChI=1S/C11H14F3NO2/c1-2-17-9-5-3-4-7(10(9)16)8(15)6-11(12,13)14/h3-5,8,16H,2,6,15H2,1H3/t8-/m1/s1. The highest BCUT2D eigenvalue weighted by atomic mass is 19.4. The van der Waals surface area contributed by atoms with Crippen LogP contribution >= 0.6 is 0 Å². The van der Waals surface area contributed by atoms with E-state index in [0.29, 0.717) is 6.61 Å². The molecule has 0 aliphatic heterocycles. The van der Waals surface area contributed by atoms with Crippen LogP contribution in [-0.4, -0.2) is 17.9 Å². The molecule has 0 aliphatic rings. The first kappa shape index (κ1) is 13.6. The molecule has 0 saturated carbocycles. The zero-order valence-electron chi connectivity index (χ0n) is 9.29. The van der Waals surface area contributed by atoms with Crippen molar-refractivity contribution in [3.63, 3.8) is 0 Å². The molecule has 96 valence electrons. The van der Waals surface area contributed by atoms with Crippen LogP contribution in [0.3, 0.4) is 0 Å². The van der Waals surface area contributed by atoms with Crippen molar-refractivity contribution in [2.75, 3.05) is 6.61 Å². The molecule has 0 amide bonds. The highest BCUT2D eigenvalue weighted by molar-refractivity contribution is 5.46. The van der Waals surface area contributed by atoms with Crippen molar-refractivity contribution >= 4 is 0 Å². The summed E-state index contributed by atoms with van der Waals surface area (Å²) in [7, 11) is 0. The Kier molecular flexibility index (Phi) is 4.22. The van der Waals surface area contributed by atoms with Crippen LogP contribution in [0, 0.1) is 0 Å². The van der Waals surface area contributed by atoms with Crippen LogP contribution in [-0.2, 0) is 0 Å². The van der Waals surface area contributed by atoms with E-state index >= 15 is 0 Å². The molecule has 1 aromatic carbocycles. The summed E-state index contributed by atoms with van der Waals surface area (Å²) in [5.74, 6) is -0.186. The molecule has 0 unspecified atom stereocenters. The van der Waals surface area contributed by atoms with Crippen LogP contribution in [0.2, 0.25) is 0 Å². The molecule has 0 aromatic heterocycles. The fraction of sp³-hybridized carbons (Fsp3) is 0.455. The summed E-state index contributed by atoms with van der Waals surface area (Å²) in [6.45, 7) is 2.02.